The van der Waals surface area contributed by atoms with Gasteiger partial charge in [0.2, 0.25) is 0 Å². The highest BCUT2D eigenvalue weighted by molar-refractivity contribution is 5.05. The van der Waals surface area contributed by atoms with E-state index >= 15 is 0 Å². The van der Waals surface area contributed by atoms with Gasteiger partial charge in [0.15, 0.2) is 0 Å². The van der Waals surface area contributed by atoms with Gasteiger partial charge in [-0.15, -0.1) is 0 Å². The number of likely N-dealkylation sites (N-methyl/N-ethyl adjacent to an activating group) is 1. The van der Waals surface area contributed by atoms with E-state index in [1.807, 2.05) is 0 Å². The van der Waals surface area contributed by atoms with Crippen molar-refractivity contribution in [1.29, 1.82) is 0 Å². The second-order valence-corrected chi connectivity index (χ2v) is 6.70. The summed E-state index contributed by atoms with van der Waals surface area (Å²) in [6.07, 6.45) is 9.70. The predicted octanol–water partition coefficient (Wildman–Crippen LogP) is 3.33. The Labute approximate surface area is 129 Å². The fourth-order valence-electron chi connectivity index (χ4n) is 3.20. The SMILES string of the molecule is CCNC(Cc1ccn(C2CCCCC2)n1)C(C)(C)OC. The number of aromatic nitrogens is 2. The Morgan fingerprint density at radius 3 is 2.71 bits per heavy atom. The number of ether oxygens (including phenoxy) is 1. The summed E-state index contributed by atoms with van der Waals surface area (Å²) in [5.41, 5.74) is 0.974. The minimum Gasteiger partial charge on any atom is -0.377 e. The summed E-state index contributed by atoms with van der Waals surface area (Å²) in [7, 11) is 1.78. The predicted molar refractivity (Wildman–Crippen MR) is 86.6 cm³/mol. The van der Waals surface area contributed by atoms with E-state index in [2.05, 4.69) is 43.0 Å². The minimum absolute atomic E-state index is 0.190. The Morgan fingerprint density at radius 1 is 1.38 bits per heavy atom. The molecule has 0 spiro atoms. The molecule has 1 saturated carbocycles. The van der Waals surface area contributed by atoms with Crippen LogP contribution in [0.4, 0.5) is 0 Å². The van der Waals surface area contributed by atoms with E-state index in [0.29, 0.717) is 6.04 Å². The molecular formula is C17H31N3O. The fraction of sp³-hybridized carbons (Fsp3) is 0.824. The normalized spacial score (nSPS) is 18.9. The molecule has 1 aromatic rings. The molecule has 1 aromatic heterocycles. The Kier molecular flexibility index (Phi) is 5.82. The van der Waals surface area contributed by atoms with E-state index in [1.54, 1.807) is 7.11 Å². The summed E-state index contributed by atoms with van der Waals surface area (Å²) >= 11 is 0. The van der Waals surface area contributed by atoms with Crippen LogP contribution in [0.15, 0.2) is 12.3 Å². The summed E-state index contributed by atoms with van der Waals surface area (Å²) in [6.45, 7) is 7.36. The lowest BCUT2D eigenvalue weighted by Gasteiger charge is -2.33. The van der Waals surface area contributed by atoms with Crippen LogP contribution in [0.2, 0.25) is 0 Å². The van der Waals surface area contributed by atoms with Crippen LogP contribution in [0.3, 0.4) is 0 Å². The molecule has 0 bridgehead atoms. The number of nitrogens with zero attached hydrogens (tertiary/aromatic N) is 2. The van der Waals surface area contributed by atoms with Crippen molar-refractivity contribution in [3.05, 3.63) is 18.0 Å². The van der Waals surface area contributed by atoms with Crippen LogP contribution < -0.4 is 5.32 Å². The molecule has 0 aromatic carbocycles. The van der Waals surface area contributed by atoms with Gasteiger partial charge in [0.1, 0.15) is 0 Å². The van der Waals surface area contributed by atoms with Gasteiger partial charge in [-0.25, -0.2) is 0 Å². The van der Waals surface area contributed by atoms with Crippen molar-refractivity contribution in [2.45, 2.75) is 77.0 Å². The third kappa shape index (κ3) is 4.30. The zero-order chi connectivity index (χ0) is 15.3. The largest absolute Gasteiger partial charge is 0.377 e. The van der Waals surface area contributed by atoms with Crippen LogP contribution >= 0.6 is 0 Å². The second-order valence-electron chi connectivity index (χ2n) is 6.70. The minimum atomic E-state index is -0.190. The maximum absolute atomic E-state index is 5.65. The molecule has 0 radical (unpaired) electrons. The molecule has 120 valence electrons. The van der Waals surface area contributed by atoms with E-state index in [4.69, 9.17) is 9.84 Å². The molecule has 4 nitrogen and oxygen atoms in total. The maximum atomic E-state index is 5.65. The molecule has 4 heteroatoms. The fourth-order valence-corrected chi connectivity index (χ4v) is 3.20. The number of hydrogen-bond acceptors (Lipinski definition) is 3. The first-order chi connectivity index (χ1) is 10.1. The third-order valence-corrected chi connectivity index (χ3v) is 4.84. The monoisotopic (exact) mass is 293 g/mol. The first-order valence-corrected chi connectivity index (χ1v) is 8.39. The number of rotatable bonds is 7. The van der Waals surface area contributed by atoms with E-state index < -0.39 is 0 Å². The second kappa shape index (κ2) is 7.41. The van der Waals surface area contributed by atoms with Crippen molar-refractivity contribution in [2.24, 2.45) is 0 Å². The lowest BCUT2D eigenvalue weighted by molar-refractivity contribution is -0.00989. The summed E-state index contributed by atoms with van der Waals surface area (Å²) in [5.74, 6) is 0. The molecule has 1 N–H and O–H groups in total. The van der Waals surface area contributed by atoms with Gasteiger partial charge in [-0.1, -0.05) is 26.2 Å². The number of methoxy groups -OCH3 is 1. The highest BCUT2D eigenvalue weighted by atomic mass is 16.5. The molecule has 0 amide bonds. The van der Waals surface area contributed by atoms with Gasteiger partial charge >= 0.3 is 0 Å². The molecule has 1 fully saturated rings. The summed E-state index contributed by atoms with van der Waals surface area (Å²) < 4.78 is 7.84. The molecule has 2 rings (SSSR count). The third-order valence-electron chi connectivity index (χ3n) is 4.84. The van der Waals surface area contributed by atoms with E-state index in [-0.39, 0.29) is 11.6 Å². The van der Waals surface area contributed by atoms with E-state index in [1.165, 1.54) is 32.1 Å². The van der Waals surface area contributed by atoms with Crippen LogP contribution in [-0.4, -0.2) is 35.1 Å². The molecule has 1 unspecified atom stereocenters. The number of nitrogens with one attached hydrogen (secondary N) is 1. The Balaban J connectivity index is 2.02. The molecule has 21 heavy (non-hydrogen) atoms. The highest BCUT2D eigenvalue weighted by Gasteiger charge is 2.29. The van der Waals surface area contributed by atoms with Gasteiger partial charge in [0, 0.05) is 25.8 Å². The van der Waals surface area contributed by atoms with Crippen LogP contribution in [-0.2, 0) is 11.2 Å². The lowest BCUT2D eigenvalue weighted by Crippen LogP contribution is -2.49. The quantitative estimate of drug-likeness (QED) is 0.838. The van der Waals surface area contributed by atoms with Crippen molar-refractivity contribution in [2.75, 3.05) is 13.7 Å². The zero-order valence-corrected chi connectivity index (χ0v) is 14.1. The van der Waals surface area contributed by atoms with Crippen LogP contribution in [0.25, 0.3) is 0 Å². The smallest absolute Gasteiger partial charge is 0.0778 e. The molecule has 1 aliphatic rings. The van der Waals surface area contributed by atoms with Crippen molar-refractivity contribution < 1.29 is 4.74 Å². The lowest BCUT2D eigenvalue weighted by atomic mass is 9.94. The van der Waals surface area contributed by atoms with Crippen molar-refractivity contribution in [3.8, 4) is 0 Å². The molecule has 0 aliphatic heterocycles. The topological polar surface area (TPSA) is 39.1 Å². The average molecular weight is 293 g/mol. The van der Waals surface area contributed by atoms with Crippen LogP contribution in [0.5, 0.6) is 0 Å². The van der Waals surface area contributed by atoms with Crippen LogP contribution in [0.1, 0.15) is 64.6 Å². The van der Waals surface area contributed by atoms with Gasteiger partial charge in [-0.05, 0) is 39.3 Å². The van der Waals surface area contributed by atoms with Gasteiger partial charge in [-0.3, -0.25) is 4.68 Å². The van der Waals surface area contributed by atoms with Crippen molar-refractivity contribution in [1.82, 2.24) is 15.1 Å². The maximum Gasteiger partial charge on any atom is 0.0778 e. The van der Waals surface area contributed by atoms with Gasteiger partial charge in [0.25, 0.3) is 0 Å². The summed E-state index contributed by atoms with van der Waals surface area (Å²) in [5, 5.41) is 8.36. The van der Waals surface area contributed by atoms with Gasteiger partial charge < -0.3 is 10.1 Å². The first kappa shape index (κ1) is 16.5. The van der Waals surface area contributed by atoms with Crippen LogP contribution in [0, 0.1) is 0 Å². The zero-order valence-electron chi connectivity index (χ0n) is 14.1. The average Bonchev–Trinajstić information content (AvgIpc) is 2.96. The molecule has 1 aliphatic carbocycles. The Hall–Kier alpha value is -0.870. The molecular weight excluding hydrogens is 262 g/mol. The molecule has 1 atom stereocenters. The number of hydrogen-bond donors (Lipinski definition) is 1. The molecule has 0 saturated heterocycles. The molecule has 1 heterocycles. The van der Waals surface area contributed by atoms with Crippen molar-refractivity contribution >= 4 is 0 Å². The Morgan fingerprint density at radius 2 is 2.10 bits per heavy atom. The van der Waals surface area contributed by atoms with E-state index in [0.717, 1.165) is 18.7 Å². The van der Waals surface area contributed by atoms with Crippen molar-refractivity contribution in [3.63, 3.8) is 0 Å². The summed E-state index contributed by atoms with van der Waals surface area (Å²) in [6, 6.07) is 3.06. The van der Waals surface area contributed by atoms with Gasteiger partial charge in [0.05, 0.1) is 17.3 Å². The van der Waals surface area contributed by atoms with Gasteiger partial charge in [-0.2, -0.15) is 5.10 Å². The Bertz CT molecular complexity index is 421. The van der Waals surface area contributed by atoms with E-state index in [9.17, 15) is 0 Å². The first-order valence-electron chi connectivity index (χ1n) is 8.39. The standard InChI is InChI=1S/C17H31N3O/c1-5-18-16(17(2,3)21-4)13-14-11-12-20(19-14)15-9-7-6-8-10-15/h11-12,15-16,18H,5-10,13H2,1-4H3. The highest BCUT2D eigenvalue weighted by Crippen LogP contribution is 2.27. The summed E-state index contributed by atoms with van der Waals surface area (Å²) in [4.78, 5) is 0.